The van der Waals surface area contributed by atoms with Crippen molar-refractivity contribution < 1.29 is 18.3 Å². The molecular formula is C13H20N2O4S. The molecule has 0 aliphatic heterocycles. The third-order valence-electron chi connectivity index (χ3n) is 2.85. The molecule has 0 spiro atoms. The molecule has 0 amide bonds. The van der Waals surface area contributed by atoms with Crippen molar-refractivity contribution >= 4 is 21.7 Å². The molecule has 6 nitrogen and oxygen atoms in total. The number of anilines is 1. The molecule has 0 heterocycles. The Bertz CT molecular complexity index is 582. The summed E-state index contributed by atoms with van der Waals surface area (Å²) in [5.74, 6) is -1.15. The van der Waals surface area contributed by atoms with Gasteiger partial charge in [-0.2, -0.15) is 0 Å². The number of sulfonamides is 1. The van der Waals surface area contributed by atoms with E-state index in [4.69, 9.17) is 0 Å². The smallest absolute Gasteiger partial charge is 0.337 e. The van der Waals surface area contributed by atoms with E-state index in [0.29, 0.717) is 6.54 Å². The zero-order chi connectivity index (χ0) is 15.3. The van der Waals surface area contributed by atoms with Gasteiger partial charge in [0.25, 0.3) is 0 Å². The number of carboxylic acid groups (broad SMARTS) is 1. The fourth-order valence-corrected chi connectivity index (χ4v) is 2.78. The van der Waals surface area contributed by atoms with Crippen molar-refractivity contribution in [3.05, 3.63) is 23.8 Å². The molecule has 1 aromatic carbocycles. The number of benzene rings is 1. The maximum atomic E-state index is 12.3. The minimum Gasteiger partial charge on any atom is -0.478 e. The van der Waals surface area contributed by atoms with E-state index < -0.39 is 16.0 Å². The van der Waals surface area contributed by atoms with Gasteiger partial charge in [0.1, 0.15) is 4.90 Å². The Hall–Kier alpha value is -1.60. The lowest BCUT2D eigenvalue weighted by Gasteiger charge is -2.18. The highest BCUT2D eigenvalue weighted by Crippen LogP contribution is 2.27. The van der Waals surface area contributed by atoms with E-state index in [1.54, 1.807) is 0 Å². The highest BCUT2D eigenvalue weighted by atomic mass is 32.2. The number of nitrogens with zero attached hydrogens (tertiary/aromatic N) is 1. The number of rotatable bonds is 7. The van der Waals surface area contributed by atoms with Crippen LogP contribution in [0.3, 0.4) is 0 Å². The van der Waals surface area contributed by atoms with E-state index in [0.717, 1.165) is 17.1 Å². The predicted octanol–water partition coefficient (Wildman–Crippen LogP) is 1.85. The number of para-hydroxylation sites is 1. The van der Waals surface area contributed by atoms with E-state index in [9.17, 15) is 18.3 Å². The predicted molar refractivity (Wildman–Crippen MR) is 77.7 cm³/mol. The van der Waals surface area contributed by atoms with E-state index in [1.165, 1.54) is 32.3 Å². The van der Waals surface area contributed by atoms with Gasteiger partial charge in [-0.3, -0.25) is 0 Å². The molecular weight excluding hydrogens is 280 g/mol. The molecule has 7 heteroatoms. The first-order valence-electron chi connectivity index (χ1n) is 6.35. The number of nitrogens with one attached hydrogen (secondary N) is 1. The Kier molecular flexibility index (Phi) is 5.52. The number of hydrogen-bond acceptors (Lipinski definition) is 4. The normalized spacial score (nSPS) is 11.6. The van der Waals surface area contributed by atoms with Gasteiger partial charge in [-0.15, -0.1) is 0 Å². The summed E-state index contributed by atoms with van der Waals surface area (Å²) >= 11 is 0. The number of carboxylic acids is 1. The van der Waals surface area contributed by atoms with Gasteiger partial charge in [0.05, 0.1) is 11.3 Å². The second-order valence-electron chi connectivity index (χ2n) is 4.55. The summed E-state index contributed by atoms with van der Waals surface area (Å²) in [6.07, 6.45) is 1.76. The van der Waals surface area contributed by atoms with Crippen molar-refractivity contribution in [3.8, 4) is 0 Å². The van der Waals surface area contributed by atoms with E-state index in [-0.39, 0.29) is 16.1 Å². The highest BCUT2D eigenvalue weighted by Gasteiger charge is 2.24. The van der Waals surface area contributed by atoms with E-state index >= 15 is 0 Å². The van der Waals surface area contributed by atoms with Crippen molar-refractivity contribution in [2.24, 2.45) is 0 Å². The number of carbonyl (C=O) groups is 1. The van der Waals surface area contributed by atoms with Crippen molar-refractivity contribution in [2.75, 3.05) is 26.0 Å². The maximum Gasteiger partial charge on any atom is 0.337 e. The number of unbranched alkanes of at least 4 members (excludes halogenated alkanes) is 1. The average molecular weight is 300 g/mol. The largest absolute Gasteiger partial charge is 0.478 e. The fraction of sp³-hybridized carbons (Fsp3) is 0.462. The summed E-state index contributed by atoms with van der Waals surface area (Å²) in [5.41, 5.74) is 0.117. The van der Waals surface area contributed by atoms with Crippen LogP contribution in [-0.2, 0) is 10.0 Å². The molecule has 0 atom stereocenters. The number of hydrogen-bond donors (Lipinski definition) is 2. The SMILES string of the molecule is CCCCNc1c(C(=O)O)cccc1S(=O)(=O)N(C)C. The van der Waals surface area contributed by atoms with Crippen LogP contribution in [0.15, 0.2) is 23.1 Å². The van der Waals surface area contributed by atoms with Gasteiger partial charge in [-0.25, -0.2) is 17.5 Å². The van der Waals surface area contributed by atoms with Crippen molar-refractivity contribution in [3.63, 3.8) is 0 Å². The first kappa shape index (κ1) is 16.5. The monoisotopic (exact) mass is 300 g/mol. The zero-order valence-electron chi connectivity index (χ0n) is 11.9. The first-order chi connectivity index (χ1) is 9.32. The van der Waals surface area contributed by atoms with Crippen LogP contribution in [0.5, 0.6) is 0 Å². The third-order valence-corrected chi connectivity index (χ3v) is 4.70. The van der Waals surface area contributed by atoms with Crippen molar-refractivity contribution in [2.45, 2.75) is 24.7 Å². The quantitative estimate of drug-likeness (QED) is 0.750. The maximum absolute atomic E-state index is 12.3. The molecule has 0 unspecified atom stereocenters. The van der Waals surface area contributed by atoms with Gasteiger partial charge in [-0.05, 0) is 18.6 Å². The lowest BCUT2D eigenvalue weighted by Crippen LogP contribution is -2.24. The lowest BCUT2D eigenvalue weighted by molar-refractivity contribution is 0.0697. The van der Waals surface area contributed by atoms with Crippen LogP contribution >= 0.6 is 0 Å². The van der Waals surface area contributed by atoms with Crippen LogP contribution in [-0.4, -0.2) is 44.4 Å². The molecule has 0 aliphatic carbocycles. The molecule has 1 rings (SSSR count). The standard InChI is InChI=1S/C13H20N2O4S/c1-4-5-9-14-12-10(13(16)17)7-6-8-11(12)20(18,19)15(2)3/h6-8,14H,4-5,9H2,1-3H3,(H,16,17). The Morgan fingerprint density at radius 1 is 1.35 bits per heavy atom. The van der Waals surface area contributed by atoms with Gasteiger partial charge in [0, 0.05) is 20.6 Å². The Balaban J connectivity index is 3.36. The molecule has 112 valence electrons. The van der Waals surface area contributed by atoms with Crippen LogP contribution in [0.1, 0.15) is 30.1 Å². The van der Waals surface area contributed by atoms with Crippen LogP contribution in [0, 0.1) is 0 Å². The van der Waals surface area contributed by atoms with Gasteiger partial charge < -0.3 is 10.4 Å². The molecule has 0 radical (unpaired) electrons. The molecule has 0 aliphatic rings. The minimum atomic E-state index is -3.69. The highest BCUT2D eigenvalue weighted by molar-refractivity contribution is 7.89. The zero-order valence-corrected chi connectivity index (χ0v) is 12.7. The van der Waals surface area contributed by atoms with Crippen LogP contribution in [0.25, 0.3) is 0 Å². The summed E-state index contributed by atoms with van der Waals surface area (Å²) in [6, 6.07) is 4.24. The third kappa shape index (κ3) is 3.49. The summed E-state index contributed by atoms with van der Waals surface area (Å²) in [4.78, 5) is 11.2. The molecule has 2 N–H and O–H groups in total. The Labute approximate surface area is 119 Å². The van der Waals surface area contributed by atoms with Crippen LogP contribution < -0.4 is 5.32 Å². The molecule has 0 aromatic heterocycles. The van der Waals surface area contributed by atoms with Gasteiger partial charge >= 0.3 is 5.97 Å². The molecule has 0 bridgehead atoms. The molecule has 0 saturated heterocycles. The topological polar surface area (TPSA) is 86.7 Å². The van der Waals surface area contributed by atoms with E-state index in [1.807, 2.05) is 6.92 Å². The fourth-order valence-electron chi connectivity index (χ4n) is 1.69. The van der Waals surface area contributed by atoms with Crippen LogP contribution in [0.2, 0.25) is 0 Å². The average Bonchev–Trinajstić information content (AvgIpc) is 2.38. The van der Waals surface area contributed by atoms with Crippen molar-refractivity contribution in [1.82, 2.24) is 4.31 Å². The Morgan fingerprint density at radius 2 is 2.00 bits per heavy atom. The summed E-state index contributed by atoms with van der Waals surface area (Å²) in [5, 5.41) is 12.1. The molecule has 0 saturated carbocycles. The summed E-state index contributed by atoms with van der Waals surface area (Å²) in [7, 11) is -0.863. The molecule has 0 fully saturated rings. The van der Waals surface area contributed by atoms with Gasteiger partial charge in [-0.1, -0.05) is 19.4 Å². The van der Waals surface area contributed by atoms with Crippen LogP contribution in [0.4, 0.5) is 5.69 Å². The Morgan fingerprint density at radius 3 is 2.50 bits per heavy atom. The first-order valence-corrected chi connectivity index (χ1v) is 7.79. The van der Waals surface area contributed by atoms with Crippen molar-refractivity contribution in [1.29, 1.82) is 0 Å². The second-order valence-corrected chi connectivity index (χ2v) is 6.67. The molecule has 20 heavy (non-hydrogen) atoms. The second kappa shape index (κ2) is 6.71. The molecule has 1 aromatic rings. The summed E-state index contributed by atoms with van der Waals surface area (Å²) in [6.45, 7) is 2.53. The summed E-state index contributed by atoms with van der Waals surface area (Å²) < 4.78 is 25.6. The van der Waals surface area contributed by atoms with Gasteiger partial charge in [0.15, 0.2) is 0 Å². The minimum absolute atomic E-state index is 0.0153. The number of aromatic carboxylic acids is 1. The van der Waals surface area contributed by atoms with E-state index in [2.05, 4.69) is 5.32 Å². The van der Waals surface area contributed by atoms with Gasteiger partial charge in [0.2, 0.25) is 10.0 Å². The lowest BCUT2D eigenvalue weighted by atomic mass is 10.1.